The Bertz CT molecular complexity index is 1250. The smallest absolute Gasteiger partial charge is 0.293 e. The van der Waals surface area contributed by atoms with Crippen molar-refractivity contribution in [2.24, 2.45) is 0 Å². The molecule has 3 aromatic carbocycles. The van der Waals surface area contributed by atoms with Crippen LogP contribution in [0, 0.1) is 17.0 Å². The van der Waals surface area contributed by atoms with Crippen LogP contribution in [0.4, 0.5) is 11.4 Å². The summed E-state index contributed by atoms with van der Waals surface area (Å²) in [6, 6.07) is 23.1. The van der Waals surface area contributed by atoms with Crippen LogP contribution in [0.2, 0.25) is 0 Å². The highest BCUT2D eigenvalue weighted by atomic mass is 32.2. The van der Waals surface area contributed by atoms with Crippen LogP contribution in [0.25, 0.3) is 5.69 Å². The Kier molecular flexibility index (Phi) is 6.22. The summed E-state index contributed by atoms with van der Waals surface area (Å²) in [6.07, 6.45) is 0. The van der Waals surface area contributed by atoms with Gasteiger partial charge in [-0.25, -0.2) is 0 Å². The van der Waals surface area contributed by atoms with E-state index in [1.807, 2.05) is 60.7 Å². The normalized spacial score (nSPS) is 11.7. The molecule has 1 unspecified atom stereocenters. The molecular formula is C22H18N6O3S. The molecule has 1 heterocycles. The molecule has 1 amide bonds. The highest BCUT2D eigenvalue weighted by molar-refractivity contribution is 8.00. The number of anilines is 1. The molecule has 4 aromatic rings. The van der Waals surface area contributed by atoms with E-state index in [0.717, 1.165) is 23.0 Å². The lowest BCUT2D eigenvalue weighted by atomic mass is 10.1. The first-order valence-electron chi connectivity index (χ1n) is 9.64. The molecular weight excluding hydrogens is 428 g/mol. The predicted molar refractivity (Wildman–Crippen MR) is 121 cm³/mol. The maximum Gasteiger partial charge on any atom is 0.293 e. The van der Waals surface area contributed by atoms with Gasteiger partial charge in [0.25, 0.3) is 5.69 Å². The number of carbonyl (C=O) groups is 1. The molecule has 4 rings (SSSR count). The highest BCUT2D eigenvalue weighted by Gasteiger charge is 2.27. The second-order valence-corrected chi connectivity index (χ2v) is 7.96. The minimum Gasteiger partial charge on any atom is -0.319 e. The van der Waals surface area contributed by atoms with Gasteiger partial charge in [-0.15, -0.1) is 5.10 Å². The van der Waals surface area contributed by atoms with Crippen LogP contribution in [-0.4, -0.2) is 31.0 Å². The van der Waals surface area contributed by atoms with E-state index in [1.165, 1.54) is 12.1 Å². The topological polar surface area (TPSA) is 116 Å². The van der Waals surface area contributed by atoms with E-state index in [1.54, 1.807) is 17.7 Å². The van der Waals surface area contributed by atoms with Gasteiger partial charge in [-0.3, -0.25) is 14.9 Å². The predicted octanol–water partition coefficient (Wildman–Crippen LogP) is 4.35. The molecule has 160 valence electrons. The molecule has 10 heteroatoms. The molecule has 0 aliphatic rings. The molecule has 9 nitrogen and oxygen atoms in total. The minimum absolute atomic E-state index is 0.134. The van der Waals surface area contributed by atoms with E-state index in [2.05, 4.69) is 20.8 Å². The largest absolute Gasteiger partial charge is 0.319 e. The second kappa shape index (κ2) is 9.40. The minimum atomic E-state index is -0.745. The Morgan fingerprint density at radius 3 is 2.44 bits per heavy atom. The van der Waals surface area contributed by atoms with Crippen molar-refractivity contribution in [2.75, 3.05) is 5.32 Å². The van der Waals surface area contributed by atoms with Crippen LogP contribution >= 0.6 is 11.8 Å². The quantitative estimate of drug-likeness (QED) is 0.255. The van der Waals surface area contributed by atoms with Gasteiger partial charge in [0.15, 0.2) is 0 Å². The van der Waals surface area contributed by atoms with E-state index >= 15 is 0 Å². The van der Waals surface area contributed by atoms with E-state index in [0.29, 0.717) is 10.7 Å². The molecule has 0 aliphatic heterocycles. The first-order chi connectivity index (χ1) is 15.5. The van der Waals surface area contributed by atoms with Crippen molar-refractivity contribution >= 4 is 29.0 Å². The highest BCUT2D eigenvalue weighted by Crippen LogP contribution is 2.36. The lowest BCUT2D eigenvalue weighted by Gasteiger charge is -2.16. The van der Waals surface area contributed by atoms with Gasteiger partial charge >= 0.3 is 0 Å². The van der Waals surface area contributed by atoms with Crippen LogP contribution in [-0.2, 0) is 4.79 Å². The molecule has 0 aliphatic carbocycles. The Balaban J connectivity index is 1.67. The summed E-state index contributed by atoms with van der Waals surface area (Å²) in [7, 11) is 0. The lowest BCUT2D eigenvalue weighted by Crippen LogP contribution is -2.20. The van der Waals surface area contributed by atoms with Crippen molar-refractivity contribution in [3.63, 3.8) is 0 Å². The zero-order valence-corrected chi connectivity index (χ0v) is 17.8. The lowest BCUT2D eigenvalue weighted by molar-refractivity contribution is -0.384. The number of benzene rings is 3. The summed E-state index contributed by atoms with van der Waals surface area (Å²) < 4.78 is 1.54. The third-order valence-electron chi connectivity index (χ3n) is 4.61. The molecule has 1 atom stereocenters. The fraction of sp³-hybridized carbons (Fsp3) is 0.0909. The maximum absolute atomic E-state index is 13.3. The number of rotatable bonds is 7. The third-order valence-corrected chi connectivity index (χ3v) is 5.80. The number of nitrogens with zero attached hydrogens (tertiary/aromatic N) is 5. The Morgan fingerprint density at radius 2 is 1.75 bits per heavy atom. The zero-order chi connectivity index (χ0) is 22.5. The average Bonchev–Trinajstić information content (AvgIpc) is 3.28. The molecule has 0 radical (unpaired) electrons. The zero-order valence-electron chi connectivity index (χ0n) is 17.0. The monoisotopic (exact) mass is 446 g/mol. The summed E-state index contributed by atoms with van der Waals surface area (Å²) >= 11 is 1.16. The summed E-state index contributed by atoms with van der Waals surface area (Å²) in [5, 5.41) is 25.7. The number of hydrogen-bond donors (Lipinski definition) is 1. The first kappa shape index (κ1) is 21.2. The van der Waals surface area contributed by atoms with Crippen LogP contribution in [0.1, 0.15) is 16.4 Å². The number of hydrogen-bond acceptors (Lipinski definition) is 7. The van der Waals surface area contributed by atoms with E-state index in [-0.39, 0.29) is 11.4 Å². The maximum atomic E-state index is 13.3. The number of amides is 1. The van der Waals surface area contributed by atoms with Gasteiger partial charge in [-0.05, 0) is 46.7 Å². The Hall–Kier alpha value is -4.05. The SMILES string of the molecule is Cc1ccc(NC(=O)C(Sc2nnnn2-c2ccccc2)c2ccccc2)c([N+](=O)[O-])c1. The fourth-order valence-electron chi connectivity index (χ4n) is 3.09. The second-order valence-electron chi connectivity index (χ2n) is 6.88. The van der Waals surface area contributed by atoms with Gasteiger partial charge in [0.2, 0.25) is 11.1 Å². The molecule has 1 N–H and O–H groups in total. The summed E-state index contributed by atoms with van der Waals surface area (Å²) in [4.78, 5) is 24.3. The standard InChI is InChI=1S/C22H18N6O3S/c1-15-12-13-18(19(14-15)28(30)31)23-21(29)20(16-8-4-2-5-9-16)32-22-24-25-26-27(22)17-10-6-3-7-11-17/h2-14,20H,1H3,(H,23,29). The van der Waals surface area contributed by atoms with Crippen molar-refractivity contribution in [3.05, 3.63) is 100 Å². The van der Waals surface area contributed by atoms with Crippen molar-refractivity contribution in [2.45, 2.75) is 17.3 Å². The van der Waals surface area contributed by atoms with Crippen molar-refractivity contribution in [1.29, 1.82) is 0 Å². The summed E-state index contributed by atoms with van der Waals surface area (Å²) in [5.41, 5.74) is 2.17. The van der Waals surface area contributed by atoms with Gasteiger partial charge in [0, 0.05) is 6.07 Å². The number of aromatic nitrogens is 4. The van der Waals surface area contributed by atoms with Crippen LogP contribution in [0.5, 0.6) is 0 Å². The Labute approximate surface area is 187 Å². The number of tetrazole rings is 1. The number of aryl methyl sites for hydroxylation is 1. The van der Waals surface area contributed by atoms with Gasteiger partial charge in [-0.1, -0.05) is 66.4 Å². The van der Waals surface area contributed by atoms with Crippen molar-refractivity contribution in [3.8, 4) is 5.69 Å². The van der Waals surface area contributed by atoms with E-state index < -0.39 is 16.1 Å². The van der Waals surface area contributed by atoms with E-state index in [9.17, 15) is 14.9 Å². The number of thioether (sulfide) groups is 1. The van der Waals surface area contributed by atoms with Gasteiger partial charge in [-0.2, -0.15) is 4.68 Å². The van der Waals surface area contributed by atoms with E-state index in [4.69, 9.17) is 0 Å². The van der Waals surface area contributed by atoms with Crippen molar-refractivity contribution in [1.82, 2.24) is 20.2 Å². The molecule has 0 fully saturated rings. The molecule has 0 saturated carbocycles. The molecule has 0 spiro atoms. The number of para-hydroxylation sites is 1. The molecule has 0 bridgehead atoms. The van der Waals surface area contributed by atoms with Crippen molar-refractivity contribution < 1.29 is 9.72 Å². The molecule has 0 saturated heterocycles. The molecule has 1 aromatic heterocycles. The van der Waals surface area contributed by atoms with Crippen LogP contribution in [0.15, 0.2) is 84.0 Å². The number of nitro benzene ring substituents is 1. The van der Waals surface area contributed by atoms with Crippen LogP contribution in [0.3, 0.4) is 0 Å². The van der Waals surface area contributed by atoms with Gasteiger partial charge in [0.1, 0.15) is 10.9 Å². The van der Waals surface area contributed by atoms with Crippen LogP contribution < -0.4 is 5.32 Å². The molecule has 32 heavy (non-hydrogen) atoms. The number of nitro groups is 1. The summed E-state index contributed by atoms with van der Waals surface area (Å²) in [6.45, 7) is 1.75. The fourth-order valence-corrected chi connectivity index (χ4v) is 4.08. The Morgan fingerprint density at radius 1 is 1.06 bits per heavy atom. The number of carbonyl (C=O) groups excluding carboxylic acids is 1. The average molecular weight is 446 g/mol. The number of nitrogens with one attached hydrogen (secondary N) is 1. The van der Waals surface area contributed by atoms with Gasteiger partial charge in [0.05, 0.1) is 10.6 Å². The van der Waals surface area contributed by atoms with Gasteiger partial charge < -0.3 is 5.32 Å². The summed E-state index contributed by atoms with van der Waals surface area (Å²) in [5.74, 6) is -0.421. The third kappa shape index (κ3) is 4.65. The first-order valence-corrected chi connectivity index (χ1v) is 10.5.